The number of carbonyl (C=O) groups is 1. The highest BCUT2D eigenvalue weighted by molar-refractivity contribution is 7.11. The standard InChI is InChI=1S/C21H17N3O3S3/c1-11(2)27-21(26)17-16(14-6-4-8-29-14)13(10-22)18(23)24-19(25)15(30-20(17)24)9-12-5-3-7-28-12/h3-9,11,16H,23H2,1-2H3/b15-9+/t16-/m0/s1. The van der Waals surface area contributed by atoms with Crippen LogP contribution in [0.15, 0.2) is 45.4 Å². The fourth-order valence-electron chi connectivity index (χ4n) is 3.26. The average molecular weight is 456 g/mol. The molecule has 9 heteroatoms. The lowest BCUT2D eigenvalue weighted by atomic mass is 9.88. The summed E-state index contributed by atoms with van der Waals surface area (Å²) in [7, 11) is 0. The molecule has 1 aliphatic rings. The largest absolute Gasteiger partial charge is 0.460 e. The number of nitriles is 1. The first-order chi connectivity index (χ1) is 14.4. The summed E-state index contributed by atoms with van der Waals surface area (Å²) in [5.41, 5.74) is 6.39. The minimum Gasteiger partial charge on any atom is -0.460 e. The van der Waals surface area contributed by atoms with Crippen molar-refractivity contribution in [1.82, 2.24) is 4.57 Å². The molecule has 1 atom stereocenters. The highest BCUT2D eigenvalue weighted by atomic mass is 32.1. The van der Waals surface area contributed by atoms with E-state index < -0.39 is 11.9 Å². The van der Waals surface area contributed by atoms with Crippen LogP contribution >= 0.6 is 34.0 Å². The number of allylic oxidation sites excluding steroid dienone is 1. The Hall–Kier alpha value is -2.93. The van der Waals surface area contributed by atoms with Crippen LogP contribution in [0.5, 0.6) is 0 Å². The van der Waals surface area contributed by atoms with Gasteiger partial charge in [0.2, 0.25) is 0 Å². The Kier molecular flexibility index (Phi) is 5.47. The van der Waals surface area contributed by atoms with E-state index in [2.05, 4.69) is 6.07 Å². The molecule has 30 heavy (non-hydrogen) atoms. The smallest absolute Gasteiger partial charge is 0.338 e. The molecule has 0 amide bonds. The Bertz CT molecular complexity index is 1350. The number of ether oxygens (including phenoxy) is 1. The van der Waals surface area contributed by atoms with Gasteiger partial charge in [-0.05, 0) is 42.8 Å². The summed E-state index contributed by atoms with van der Waals surface area (Å²) in [5, 5.41) is 13.7. The zero-order valence-electron chi connectivity index (χ0n) is 16.1. The summed E-state index contributed by atoms with van der Waals surface area (Å²) >= 11 is 4.11. The van der Waals surface area contributed by atoms with Crippen molar-refractivity contribution in [3.05, 3.63) is 69.9 Å². The Balaban J connectivity index is 2.10. The van der Waals surface area contributed by atoms with Gasteiger partial charge >= 0.3 is 5.97 Å². The second-order valence-corrected chi connectivity index (χ2v) is 9.79. The molecule has 0 fully saturated rings. The molecule has 0 aromatic carbocycles. The van der Waals surface area contributed by atoms with Gasteiger partial charge in [0, 0.05) is 9.75 Å². The second kappa shape index (κ2) is 8.07. The molecule has 0 spiro atoms. The lowest BCUT2D eigenvalue weighted by Crippen LogP contribution is -2.40. The van der Waals surface area contributed by atoms with Crippen molar-refractivity contribution in [2.45, 2.75) is 25.9 Å². The van der Waals surface area contributed by atoms with Gasteiger partial charge in [0.25, 0.3) is 5.56 Å². The van der Waals surface area contributed by atoms with E-state index in [1.807, 2.05) is 35.0 Å². The van der Waals surface area contributed by atoms with Gasteiger partial charge in [0.05, 0.1) is 33.8 Å². The van der Waals surface area contributed by atoms with E-state index in [9.17, 15) is 14.9 Å². The van der Waals surface area contributed by atoms with Gasteiger partial charge in [-0.1, -0.05) is 12.1 Å². The number of thiophene rings is 2. The zero-order chi connectivity index (χ0) is 21.4. The van der Waals surface area contributed by atoms with Gasteiger partial charge in [-0.3, -0.25) is 9.36 Å². The van der Waals surface area contributed by atoms with Crippen LogP contribution < -0.4 is 20.5 Å². The molecule has 3 aromatic heterocycles. The van der Waals surface area contributed by atoms with Gasteiger partial charge in [-0.25, -0.2) is 4.79 Å². The maximum atomic E-state index is 13.2. The van der Waals surface area contributed by atoms with E-state index in [1.165, 1.54) is 38.6 Å². The maximum absolute atomic E-state index is 13.2. The van der Waals surface area contributed by atoms with E-state index in [4.69, 9.17) is 10.5 Å². The maximum Gasteiger partial charge on any atom is 0.338 e. The molecule has 3 aromatic rings. The molecule has 4 heterocycles. The first-order valence-electron chi connectivity index (χ1n) is 9.08. The summed E-state index contributed by atoms with van der Waals surface area (Å²) in [6.45, 7) is 3.52. The number of thiazole rings is 1. The van der Waals surface area contributed by atoms with Crippen LogP contribution in [0.4, 0.5) is 0 Å². The Morgan fingerprint density at radius 3 is 2.63 bits per heavy atom. The van der Waals surface area contributed by atoms with Crippen LogP contribution in [0, 0.1) is 11.3 Å². The van der Waals surface area contributed by atoms with Gasteiger partial charge in [-0.15, -0.1) is 34.0 Å². The van der Waals surface area contributed by atoms with Gasteiger partial charge in [-0.2, -0.15) is 5.26 Å². The number of hydrogen-bond acceptors (Lipinski definition) is 8. The second-order valence-electron chi connectivity index (χ2n) is 6.80. The Morgan fingerprint density at radius 2 is 2.03 bits per heavy atom. The third-order valence-electron chi connectivity index (χ3n) is 4.48. The molecule has 2 N–H and O–H groups in total. The Labute approximate surface area is 184 Å². The molecule has 152 valence electrons. The fourth-order valence-corrected chi connectivity index (χ4v) is 6.00. The van der Waals surface area contributed by atoms with Crippen molar-refractivity contribution in [2.75, 3.05) is 0 Å². The molecule has 6 nitrogen and oxygen atoms in total. The molecule has 0 aliphatic carbocycles. The highest BCUT2D eigenvalue weighted by Crippen LogP contribution is 2.38. The monoisotopic (exact) mass is 455 g/mol. The molecule has 0 unspecified atom stereocenters. The lowest BCUT2D eigenvalue weighted by molar-refractivity contribution is -0.140. The molecule has 0 radical (unpaired) electrons. The predicted octanol–water partition coefficient (Wildman–Crippen LogP) is 2.41. The molecule has 0 bridgehead atoms. The van der Waals surface area contributed by atoms with Crippen LogP contribution in [0.25, 0.3) is 17.5 Å². The zero-order valence-corrected chi connectivity index (χ0v) is 18.6. The first kappa shape index (κ1) is 20.3. The molecular weight excluding hydrogens is 438 g/mol. The molecule has 0 saturated carbocycles. The Morgan fingerprint density at radius 1 is 1.30 bits per heavy atom. The third kappa shape index (κ3) is 3.43. The van der Waals surface area contributed by atoms with E-state index in [1.54, 1.807) is 19.9 Å². The highest BCUT2D eigenvalue weighted by Gasteiger charge is 2.37. The number of nitrogens with two attached hydrogens (primary N) is 1. The average Bonchev–Trinajstić information content (AvgIpc) is 3.44. The summed E-state index contributed by atoms with van der Waals surface area (Å²) in [5.74, 6) is -1.17. The van der Waals surface area contributed by atoms with E-state index in [0.29, 0.717) is 9.20 Å². The summed E-state index contributed by atoms with van der Waals surface area (Å²) in [4.78, 5) is 28.0. The lowest BCUT2D eigenvalue weighted by Gasteiger charge is -2.24. The third-order valence-corrected chi connectivity index (χ3v) is 7.34. The van der Waals surface area contributed by atoms with E-state index >= 15 is 0 Å². The number of fused-ring (bicyclic) bond motifs is 1. The van der Waals surface area contributed by atoms with Crippen LogP contribution in [0.1, 0.15) is 29.5 Å². The van der Waals surface area contributed by atoms with Crippen LogP contribution in [0.2, 0.25) is 0 Å². The van der Waals surface area contributed by atoms with Crippen LogP contribution in [-0.4, -0.2) is 16.6 Å². The number of aromatic nitrogens is 1. The van der Waals surface area contributed by atoms with E-state index in [0.717, 1.165) is 9.75 Å². The fraction of sp³-hybridized carbons (Fsp3) is 0.190. The molecule has 1 aliphatic heterocycles. The quantitative estimate of drug-likeness (QED) is 0.609. The summed E-state index contributed by atoms with van der Waals surface area (Å²) < 4.78 is 7.61. The number of hydrogen-bond donors (Lipinski definition) is 1. The van der Waals surface area contributed by atoms with E-state index in [-0.39, 0.29) is 28.6 Å². The van der Waals surface area contributed by atoms with Crippen LogP contribution in [0.3, 0.4) is 0 Å². The van der Waals surface area contributed by atoms with Crippen molar-refractivity contribution >= 4 is 57.4 Å². The number of esters is 1. The van der Waals surface area contributed by atoms with Crippen molar-refractivity contribution in [3.63, 3.8) is 0 Å². The van der Waals surface area contributed by atoms with Crippen molar-refractivity contribution in [1.29, 1.82) is 5.26 Å². The predicted molar refractivity (Wildman–Crippen MR) is 120 cm³/mol. The first-order valence-corrected chi connectivity index (χ1v) is 11.7. The van der Waals surface area contributed by atoms with Crippen molar-refractivity contribution in [2.24, 2.45) is 5.73 Å². The minimum absolute atomic E-state index is 0.0547. The minimum atomic E-state index is -0.672. The van der Waals surface area contributed by atoms with Crippen LogP contribution in [-0.2, 0) is 9.53 Å². The van der Waals surface area contributed by atoms with Crippen molar-refractivity contribution in [3.8, 4) is 6.07 Å². The number of rotatable bonds is 4. The molecule has 0 saturated heterocycles. The van der Waals surface area contributed by atoms with Gasteiger partial charge < -0.3 is 10.5 Å². The summed E-state index contributed by atoms with van der Waals surface area (Å²) in [6, 6.07) is 9.62. The number of nitrogens with zero attached hydrogens (tertiary/aromatic N) is 2. The van der Waals surface area contributed by atoms with Crippen molar-refractivity contribution < 1.29 is 9.53 Å². The van der Waals surface area contributed by atoms with Gasteiger partial charge in [0.15, 0.2) is 0 Å². The molecular formula is C21H17N3O3S3. The normalized spacial score (nSPS) is 16.7. The summed E-state index contributed by atoms with van der Waals surface area (Å²) in [6.07, 6.45) is 1.42. The molecule has 4 rings (SSSR count). The topological polar surface area (TPSA) is 98.1 Å². The van der Waals surface area contributed by atoms with Gasteiger partial charge in [0.1, 0.15) is 10.5 Å². The number of carbonyl (C=O) groups excluding carboxylic acids is 1. The SMILES string of the molecule is CC(C)OC(=O)C1=c2s/c(=C/c3cccs3)c(=O)n2C(N)=C(C#N)[C@H]1c1cccs1.